The molecule has 0 aliphatic rings. The van der Waals surface area contributed by atoms with Crippen molar-refractivity contribution in [1.82, 2.24) is 9.55 Å². The van der Waals surface area contributed by atoms with Crippen LogP contribution in [0.15, 0.2) is 42.9 Å². The Morgan fingerprint density at radius 3 is 2.65 bits per heavy atom. The molecule has 2 aromatic rings. The summed E-state index contributed by atoms with van der Waals surface area (Å²) in [5.41, 5.74) is 1.66. The molecule has 0 aliphatic heterocycles. The van der Waals surface area contributed by atoms with E-state index in [1.807, 2.05) is 30.3 Å². The zero-order chi connectivity index (χ0) is 11.4. The minimum Gasteiger partial charge on any atom is -0.302 e. The standard InChI is InChI=1S/C12H12ClFN2.ClH/c13-7-11-8-15-9-16(11)12(14)6-10-4-2-1-3-5-10;/h1-5,8-9,12H,6-7H2;1H. The van der Waals surface area contributed by atoms with Crippen LogP contribution in [0.25, 0.3) is 0 Å². The Hall–Kier alpha value is -1.06. The smallest absolute Gasteiger partial charge is 0.181 e. The molecule has 0 fully saturated rings. The highest BCUT2D eigenvalue weighted by molar-refractivity contribution is 6.16. The van der Waals surface area contributed by atoms with Crippen LogP contribution in [0.4, 0.5) is 4.39 Å². The van der Waals surface area contributed by atoms with E-state index in [2.05, 4.69) is 4.98 Å². The largest absolute Gasteiger partial charge is 0.302 e. The molecule has 0 saturated carbocycles. The van der Waals surface area contributed by atoms with Crippen LogP contribution in [0, 0.1) is 0 Å². The predicted molar refractivity (Wildman–Crippen MR) is 69.3 cm³/mol. The topological polar surface area (TPSA) is 17.8 Å². The van der Waals surface area contributed by atoms with E-state index in [1.165, 1.54) is 10.9 Å². The number of aromatic nitrogens is 2. The molecule has 92 valence electrons. The summed E-state index contributed by atoms with van der Waals surface area (Å²) in [6.45, 7) is 0. The minimum absolute atomic E-state index is 0. The van der Waals surface area contributed by atoms with E-state index in [9.17, 15) is 4.39 Å². The van der Waals surface area contributed by atoms with Crippen molar-refractivity contribution in [2.24, 2.45) is 0 Å². The maximum atomic E-state index is 14.0. The van der Waals surface area contributed by atoms with Gasteiger partial charge in [-0.05, 0) is 5.56 Å². The first kappa shape index (κ1) is 14.0. The van der Waals surface area contributed by atoms with Gasteiger partial charge < -0.3 is 4.57 Å². The second-order valence-electron chi connectivity index (χ2n) is 3.55. The lowest BCUT2D eigenvalue weighted by Gasteiger charge is -2.12. The molecule has 0 spiro atoms. The molecule has 0 saturated heterocycles. The number of rotatable bonds is 4. The SMILES string of the molecule is Cl.FC(Cc1ccccc1)n1cncc1CCl. The van der Waals surface area contributed by atoms with E-state index < -0.39 is 6.30 Å². The monoisotopic (exact) mass is 274 g/mol. The molecule has 2 nitrogen and oxygen atoms in total. The number of halogens is 3. The first-order valence-corrected chi connectivity index (χ1v) is 5.59. The van der Waals surface area contributed by atoms with Gasteiger partial charge >= 0.3 is 0 Å². The number of hydrogen-bond donors (Lipinski definition) is 0. The van der Waals surface area contributed by atoms with E-state index >= 15 is 0 Å². The van der Waals surface area contributed by atoms with Crippen LogP contribution < -0.4 is 0 Å². The number of alkyl halides is 2. The second-order valence-corrected chi connectivity index (χ2v) is 3.82. The molecule has 0 bridgehead atoms. The van der Waals surface area contributed by atoms with Crippen LogP contribution in [0.1, 0.15) is 17.6 Å². The molecule has 17 heavy (non-hydrogen) atoms. The Morgan fingerprint density at radius 2 is 2.00 bits per heavy atom. The van der Waals surface area contributed by atoms with Crippen LogP contribution in [-0.4, -0.2) is 9.55 Å². The van der Waals surface area contributed by atoms with Crippen molar-refractivity contribution in [3.8, 4) is 0 Å². The molecule has 0 N–H and O–H groups in total. The quantitative estimate of drug-likeness (QED) is 0.777. The fourth-order valence-corrected chi connectivity index (χ4v) is 1.80. The first-order chi connectivity index (χ1) is 7.81. The highest BCUT2D eigenvalue weighted by Gasteiger charge is 2.12. The van der Waals surface area contributed by atoms with Gasteiger partial charge in [0.2, 0.25) is 0 Å². The average molecular weight is 275 g/mol. The summed E-state index contributed by atoms with van der Waals surface area (Å²) in [6.07, 6.45) is 2.29. The highest BCUT2D eigenvalue weighted by Crippen LogP contribution is 2.18. The maximum Gasteiger partial charge on any atom is 0.181 e. The van der Waals surface area contributed by atoms with Crippen molar-refractivity contribution < 1.29 is 4.39 Å². The Morgan fingerprint density at radius 1 is 1.29 bits per heavy atom. The van der Waals surface area contributed by atoms with Crippen LogP contribution in [0.2, 0.25) is 0 Å². The van der Waals surface area contributed by atoms with E-state index in [1.54, 1.807) is 6.20 Å². The van der Waals surface area contributed by atoms with Crippen molar-refractivity contribution in [1.29, 1.82) is 0 Å². The van der Waals surface area contributed by atoms with Crippen molar-refractivity contribution in [3.05, 3.63) is 54.1 Å². The van der Waals surface area contributed by atoms with Crippen molar-refractivity contribution in [2.45, 2.75) is 18.6 Å². The zero-order valence-corrected chi connectivity index (χ0v) is 10.7. The summed E-state index contributed by atoms with van der Waals surface area (Å²) in [7, 11) is 0. The number of hydrogen-bond acceptors (Lipinski definition) is 1. The Bertz CT molecular complexity index is 445. The van der Waals surface area contributed by atoms with Gasteiger partial charge in [0.05, 0.1) is 17.9 Å². The third-order valence-electron chi connectivity index (χ3n) is 2.43. The predicted octanol–water partition coefficient (Wildman–Crippen LogP) is 3.75. The van der Waals surface area contributed by atoms with Crippen LogP contribution >= 0.6 is 24.0 Å². The lowest BCUT2D eigenvalue weighted by molar-refractivity contribution is 0.236. The third-order valence-corrected chi connectivity index (χ3v) is 2.71. The molecular formula is C12H13Cl2FN2. The van der Waals surface area contributed by atoms with Gasteiger partial charge in [-0.15, -0.1) is 24.0 Å². The van der Waals surface area contributed by atoms with Crippen molar-refractivity contribution in [2.75, 3.05) is 0 Å². The summed E-state index contributed by atoms with van der Waals surface area (Å²) in [4.78, 5) is 3.89. The molecule has 1 atom stereocenters. The number of nitrogens with zero attached hydrogens (tertiary/aromatic N) is 2. The maximum absolute atomic E-state index is 14.0. The molecule has 1 aromatic heterocycles. The number of benzene rings is 1. The van der Waals surface area contributed by atoms with Gasteiger partial charge in [-0.3, -0.25) is 0 Å². The van der Waals surface area contributed by atoms with Gasteiger partial charge in [-0.25, -0.2) is 9.37 Å². The first-order valence-electron chi connectivity index (χ1n) is 5.06. The van der Waals surface area contributed by atoms with Crippen LogP contribution in [0.3, 0.4) is 0 Å². The molecule has 5 heteroatoms. The lowest BCUT2D eigenvalue weighted by Crippen LogP contribution is -2.08. The fourth-order valence-electron chi connectivity index (χ4n) is 1.59. The van der Waals surface area contributed by atoms with Crippen LogP contribution in [0.5, 0.6) is 0 Å². The molecule has 1 unspecified atom stereocenters. The molecule has 1 aromatic carbocycles. The van der Waals surface area contributed by atoms with Gasteiger partial charge in [0.1, 0.15) is 0 Å². The normalized spacial score (nSPS) is 11.9. The van der Waals surface area contributed by atoms with E-state index in [0.29, 0.717) is 12.1 Å². The Balaban J connectivity index is 0.00000144. The molecule has 1 heterocycles. The summed E-state index contributed by atoms with van der Waals surface area (Å²) >= 11 is 5.69. The van der Waals surface area contributed by atoms with E-state index in [-0.39, 0.29) is 18.3 Å². The Labute approximate surface area is 111 Å². The number of imidazole rings is 1. The fraction of sp³-hybridized carbons (Fsp3) is 0.250. The van der Waals surface area contributed by atoms with E-state index in [0.717, 1.165) is 5.56 Å². The van der Waals surface area contributed by atoms with Crippen molar-refractivity contribution >= 4 is 24.0 Å². The van der Waals surface area contributed by atoms with Gasteiger partial charge in [-0.1, -0.05) is 30.3 Å². The molecule has 0 amide bonds. The molecule has 2 rings (SSSR count). The molecular weight excluding hydrogens is 262 g/mol. The Kier molecular flexibility index (Phi) is 5.45. The summed E-state index contributed by atoms with van der Waals surface area (Å²) in [5.74, 6) is 0.273. The average Bonchev–Trinajstić information content (AvgIpc) is 2.78. The van der Waals surface area contributed by atoms with Gasteiger partial charge in [0, 0.05) is 12.6 Å². The van der Waals surface area contributed by atoms with Gasteiger partial charge in [-0.2, -0.15) is 0 Å². The van der Waals surface area contributed by atoms with Crippen LogP contribution in [-0.2, 0) is 12.3 Å². The summed E-state index contributed by atoms with van der Waals surface area (Å²) in [6, 6.07) is 9.53. The van der Waals surface area contributed by atoms with Crippen molar-refractivity contribution in [3.63, 3.8) is 0 Å². The minimum atomic E-state index is -1.11. The lowest BCUT2D eigenvalue weighted by atomic mass is 10.1. The molecule has 0 aliphatic carbocycles. The van der Waals surface area contributed by atoms with E-state index in [4.69, 9.17) is 11.6 Å². The summed E-state index contributed by atoms with van der Waals surface area (Å²) in [5, 5.41) is 0. The second kappa shape index (κ2) is 6.62. The van der Waals surface area contributed by atoms with Gasteiger partial charge in [0.15, 0.2) is 6.30 Å². The van der Waals surface area contributed by atoms with Gasteiger partial charge in [0.25, 0.3) is 0 Å². The third kappa shape index (κ3) is 3.45. The zero-order valence-electron chi connectivity index (χ0n) is 9.09. The highest BCUT2D eigenvalue weighted by atomic mass is 35.5. The summed E-state index contributed by atoms with van der Waals surface area (Å²) < 4.78 is 15.4. The molecule has 0 radical (unpaired) electrons.